The summed E-state index contributed by atoms with van der Waals surface area (Å²) in [5.41, 5.74) is 3.87. The van der Waals surface area contributed by atoms with E-state index in [0.29, 0.717) is 22.9 Å². The quantitative estimate of drug-likeness (QED) is 0.571. The van der Waals surface area contributed by atoms with Gasteiger partial charge in [0.15, 0.2) is 0 Å². The van der Waals surface area contributed by atoms with Crippen molar-refractivity contribution >= 4 is 17.3 Å². The molecule has 2 rings (SSSR count). The second kappa shape index (κ2) is 6.58. The van der Waals surface area contributed by atoms with Crippen molar-refractivity contribution in [2.24, 2.45) is 5.84 Å². The van der Waals surface area contributed by atoms with Crippen molar-refractivity contribution in [3.8, 4) is 11.5 Å². The van der Waals surface area contributed by atoms with Gasteiger partial charge in [-0.2, -0.15) is 0 Å². The molecule has 7 nitrogen and oxygen atoms in total. The Morgan fingerprint density at radius 1 is 1.19 bits per heavy atom. The molecule has 0 aliphatic carbocycles. The number of nitrogens with zero attached hydrogens (tertiary/aromatic N) is 1. The maximum absolute atomic E-state index is 12.1. The van der Waals surface area contributed by atoms with Crippen molar-refractivity contribution in [1.82, 2.24) is 4.98 Å². The van der Waals surface area contributed by atoms with Gasteiger partial charge in [0.1, 0.15) is 17.2 Å². The number of amides is 1. The number of carbonyl (C=O) groups excluding carboxylic acids is 1. The minimum atomic E-state index is -0.345. The lowest BCUT2D eigenvalue weighted by atomic mass is 10.2. The normalized spacial score (nSPS) is 9.86. The Labute approximate surface area is 122 Å². The molecule has 21 heavy (non-hydrogen) atoms. The third-order valence-electron chi connectivity index (χ3n) is 2.82. The summed E-state index contributed by atoms with van der Waals surface area (Å²) < 4.78 is 10.3. The largest absolute Gasteiger partial charge is 0.497 e. The molecular weight excluding hydrogens is 272 g/mol. The van der Waals surface area contributed by atoms with Crippen LogP contribution in [0.25, 0.3) is 0 Å². The third kappa shape index (κ3) is 3.40. The van der Waals surface area contributed by atoms with Gasteiger partial charge in [0.25, 0.3) is 5.91 Å². The van der Waals surface area contributed by atoms with Crippen LogP contribution in [0.2, 0.25) is 0 Å². The number of anilines is 2. The molecule has 2 aromatic rings. The van der Waals surface area contributed by atoms with E-state index in [1.807, 2.05) is 0 Å². The van der Waals surface area contributed by atoms with Crippen LogP contribution in [0.4, 0.5) is 11.4 Å². The number of rotatable bonds is 5. The van der Waals surface area contributed by atoms with Crippen LogP contribution in [0.15, 0.2) is 36.5 Å². The maximum atomic E-state index is 12.1. The summed E-state index contributed by atoms with van der Waals surface area (Å²) in [6.45, 7) is 0. The summed E-state index contributed by atoms with van der Waals surface area (Å²) in [6.07, 6.45) is 1.47. The Bertz CT molecular complexity index is 629. The van der Waals surface area contributed by atoms with Crippen molar-refractivity contribution in [3.05, 3.63) is 42.2 Å². The lowest BCUT2D eigenvalue weighted by Gasteiger charge is -2.11. The maximum Gasteiger partial charge on any atom is 0.274 e. The van der Waals surface area contributed by atoms with Gasteiger partial charge in [-0.15, -0.1) is 0 Å². The Balaban J connectivity index is 2.18. The molecule has 0 atom stereocenters. The smallest absolute Gasteiger partial charge is 0.274 e. The van der Waals surface area contributed by atoms with Gasteiger partial charge in [-0.05, 0) is 24.3 Å². The van der Waals surface area contributed by atoms with Gasteiger partial charge >= 0.3 is 0 Å². The molecule has 0 bridgehead atoms. The van der Waals surface area contributed by atoms with Crippen molar-refractivity contribution in [1.29, 1.82) is 0 Å². The minimum absolute atomic E-state index is 0.270. The Morgan fingerprint density at radius 2 is 2.00 bits per heavy atom. The lowest BCUT2D eigenvalue weighted by Crippen LogP contribution is -2.15. The Morgan fingerprint density at radius 3 is 2.57 bits per heavy atom. The molecule has 1 amide bonds. The average molecular weight is 288 g/mol. The Kier molecular flexibility index (Phi) is 4.57. The van der Waals surface area contributed by atoms with Crippen molar-refractivity contribution in [3.63, 3.8) is 0 Å². The van der Waals surface area contributed by atoms with E-state index in [0.717, 1.165) is 0 Å². The first-order chi connectivity index (χ1) is 10.2. The molecule has 0 saturated carbocycles. The van der Waals surface area contributed by atoms with Gasteiger partial charge in [-0.1, -0.05) is 0 Å². The van der Waals surface area contributed by atoms with E-state index in [1.165, 1.54) is 13.3 Å². The number of hydrogen-bond donors (Lipinski definition) is 3. The number of pyridine rings is 1. The second-order valence-electron chi connectivity index (χ2n) is 4.10. The number of aromatic nitrogens is 1. The molecule has 0 saturated heterocycles. The highest BCUT2D eigenvalue weighted by Gasteiger charge is 2.11. The zero-order chi connectivity index (χ0) is 15.2. The van der Waals surface area contributed by atoms with Crippen LogP contribution in [0.3, 0.4) is 0 Å². The summed E-state index contributed by atoms with van der Waals surface area (Å²) in [7, 11) is 3.08. The van der Waals surface area contributed by atoms with E-state index in [1.54, 1.807) is 37.4 Å². The van der Waals surface area contributed by atoms with Gasteiger partial charge in [-0.3, -0.25) is 10.6 Å². The third-order valence-corrected chi connectivity index (χ3v) is 2.82. The van der Waals surface area contributed by atoms with Crippen LogP contribution in [0.1, 0.15) is 10.5 Å². The molecule has 0 radical (unpaired) electrons. The topological polar surface area (TPSA) is 98.5 Å². The molecule has 7 heteroatoms. The number of carbonyl (C=O) groups is 1. The van der Waals surface area contributed by atoms with Crippen LogP contribution in [0.5, 0.6) is 11.5 Å². The number of nitrogens with two attached hydrogens (primary N) is 1. The first-order valence-corrected chi connectivity index (χ1v) is 6.14. The fraction of sp³-hybridized carbons (Fsp3) is 0.143. The van der Waals surface area contributed by atoms with E-state index in [2.05, 4.69) is 15.7 Å². The monoisotopic (exact) mass is 288 g/mol. The van der Waals surface area contributed by atoms with Crippen LogP contribution >= 0.6 is 0 Å². The fourth-order valence-corrected chi connectivity index (χ4v) is 1.70. The van der Waals surface area contributed by atoms with Crippen LogP contribution in [-0.4, -0.2) is 25.1 Å². The van der Waals surface area contributed by atoms with E-state index < -0.39 is 0 Å². The van der Waals surface area contributed by atoms with E-state index in [4.69, 9.17) is 15.3 Å². The van der Waals surface area contributed by atoms with E-state index >= 15 is 0 Å². The number of ether oxygens (including phenoxy) is 2. The van der Waals surface area contributed by atoms with Gasteiger partial charge in [0, 0.05) is 6.07 Å². The van der Waals surface area contributed by atoms with Gasteiger partial charge in [-0.25, -0.2) is 4.98 Å². The zero-order valence-corrected chi connectivity index (χ0v) is 11.7. The van der Waals surface area contributed by atoms with Gasteiger partial charge in [0.05, 0.1) is 31.8 Å². The molecule has 0 fully saturated rings. The molecule has 0 spiro atoms. The first-order valence-electron chi connectivity index (χ1n) is 6.14. The standard InChI is InChI=1S/C14H16N4O3/c1-20-10-4-6-11(13(7-10)21-2)17-14(19)12-5-3-9(18-15)8-16-12/h3-8,18H,15H2,1-2H3,(H,17,19). The van der Waals surface area contributed by atoms with Crippen LogP contribution < -0.4 is 26.1 Å². The number of nitrogen functional groups attached to an aromatic ring is 1. The minimum Gasteiger partial charge on any atom is -0.497 e. The highest BCUT2D eigenvalue weighted by Crippen LogP contribution is 2.29. The number of hydrazine groups is 1. The zero-order valence-electron chi connectivity index (χ0n) is 11.7. The van der Waals surface area contributed by atoms with Crippen LogP contribution in [-0.2, 0) is 0 Å². The summed E-state index contributed by atoms with van der Waals surface area (Å²) in [5, 5.41) is 2.73. The highest BCUT2D eigenvalue weighted by atomic mass is 16.5. The van der Waals surface area contributed by atoms with E-state index in [9.17, 15) is 4.79 Å². The predicted molar refractivity (Wildman–Crippen MR) is 79.5 cm³/mol. The van der Waals surface area contributed by atoms with Crippen molar-refractivity contribution in [2.75, 3.05) is 25.0 Å². The van der Waals surface area contributed by atoms with Gasteiger partial charge < -0.3 is 20.2 Å². The molecule has 0 aliphatic rings. The fourth-order valence-electron chi connectivity index (χ4n) is 1.70. The van der Waals surface area contributed by atoms with Crippen LogP contribution in [0, 0.1) is 0 Å². The SMILES string of the molecule is COc1ccc(NC(=O)c2ccc(NN)cn2)c(OC)c1. The predicted octanol–water partition coefficient (Wildman–Crippen LogP) is 1.64. The molecule has 1 aromatic carbocycles. The number of hydrogen-bond acceptors (Lipinski definition) is 6. The van der Waals surface area contributed by atoms with E-state index in [-0.39, 0.29) is 11.6 Å². The highest BCUT2D eigenvalue weighted by molar-refractivity contribution is 6.03. The summed E-state index contributed by atoms with van der Waals surface area (Å²) in [4.78, 5) is 16.1. The number of benzene rings is 1. The molecule has 110 valence electrons. The molecule has 1 heterocycles. The summed E-state index contributed by atoms with van der Waals surface area (Å²) >= 11 is 0. The molecular formula is C14H16N4O3. The molecule has 1 aromatic heterocycles. The Hall–Kier alpha value is -2.80. The molecule has 0 aliphatic heterocycles. The van der Waals surface area contributed by atoms with Gasteiger partial charge in [0.2, 0.25) is 0 Å². The molecule has 0 unspecified atom stereocenters. The summed E-state index contributed by atoms with van der Waals surface area (Å²) in [6, 6.07) is 8.34. The number of nitrogens with one attached hydrogen (secondary N) is 2. The second-order valence-corrected chi connectivity index (χ2v) is 4.10. The summed E-state index contributed by atoms with van der Waals surface area (Å²) in [5.74, 6) is 6.04. The lowest BCUT2D eigenvalue weighted by molar-refractivity contribution is 0.102. The average Bonchev–Trinajstić information content (AvgIpc) is 2.55. The first kappa shape index (κ1) is 14.6. The van der Waals surface area contributed by atoms with Crippen molar-refractivity contribution < 1.29 is 14.3 Å². The molecule has 4 N–H and O–H groups in total. The number of methoxy groups -OCH3 is 2. The van der Waals surface area contributed by atoms with Crippen molar-refractivity contribution in [2.45, 2.75) is 0 Å².